The minimum Gasteiger partial charge on any atom is -0.399 e. The van der Waals surface area contributed by atoms with Crippen molar-refractivity contribution < 1.29 is 17.5 Å². The molecule has 6 heteroatoms. The second-order valence-corrected chi connectivity index (χ2v) is 6.22. The molecule has 1 unspecified atom stereocenters. The van der Waals surface area contributed by atoms with Gasteiger partial charge in [-0.15, -0.1) is 0 Å². The maximum absolute atomic E-state index is 13.1. The standard InChI is InChI=1S/C11H16FNO3S/c1-8(3-4-16-2)17(14,15)11-6-9(12)5-10(13)7-11/h5-8H,3-4,13H2,1-2H3. The summed E-state index contributed by atoms with van der Waals surface area (Å²) in [6.07, 6.45) is 0.356. The molecule has 0 radical (unpaired) electrons. The van der Waals surface area contributed by atoms with Gasteiger partial charge >= 0.3 is 0 Å². The highest BCUT2D eigenvalue weighted by atomic mass is 32.2. The maximum Gasteiger partial charge on any atom is 0.181 e. The van der Waals surface area contributed by atoms with Crippen LogP contribution in [0.5, 0.6) is 0 Å². The number of sulfone groups is 1. The number of hydrogen-bond acceptors (Lipinski definition) is 4. The lowest BCUT2D eigenvalue weighted by molar-refractivity contribution is 0.194. The molecule has 0 heterocycles. The molecule has 0 spiro atoms. The number of methoxy groups -OCH3 is 1. The third-order valence-electron chi connectivity index (χ3n) is 2.48. The molecule has 0 aliphatic carbocycles. The van der Waals surface area contributed by atoms with Crippen LogP contribution in [0.2, 0.25) is 0 Å². The lowest BCUT2D eigenvalue weighted by Gasteiger charge is -2.13. The van der Waals surface area contributed by atoms with Crippen LogP contribution in [0.25, 0.3) is 0 Å². The molecule has 2 N–H and O–H groups in total. The molecule has 0 aliphatic rings. The van der Waals surface area contributed by atoms with Crippen LogP contribution < -0.4 is 5.73 Å². The summed E-state index contributed by atoms with van der Waals surface area (Å²) in [5.41, 5.74) is 5.53. The van der Waals surface area contributed by atoms with Crippen LogP contribution in [0.3, 0.4) is 0 Å². The van der Waals surface area contributed by atoms with Crippen LogP contribution in [0, 0.1) is 5.82 Å². The first-order valence-electron chi connectivity index (χ1n) is 5.17. The van der Waals surface area contributed by atoms with E-state index in [1.165, 1.54) is 13.2 Å². The smallest absolute Gasteiger partial charge is 0.181 e. The van der Waals surface area contributed by atoms with Gasteiger partial charge in [0.05, 0.1) is 10.1 Å². The van der Waals surface area contributed by atoms with E-state index in [9.17, 15) is 12.8 Å². The van der Waals surface area contributed by atoms with Gasteiger partial charge in [0.2, 0.25) is 0 Å². The van der Waals surface area contributed by atoms with Crippen molar-refractivity contribution in [2.24, 2.45) is 0 Å². The third kappa shape index (κ3) is 3.41. The highest BCUT2D eigenvalue weighted by Crippen LogP contribution is 2.21. The molecule has 1 rings (SSSR count). The van der Waals surface area contributed by atoms with Crippen molar-refractivity contribution in [2.75, 3.05) is 19.5 Å². The van der Waals surface area contributed by atoms with Crippen LogP contribution >= 0.6 is 0 Å². The summed E-state index contributed by atoms with van der Waals surface area (Å²) in [7, 11) is -2.06. The summed E-state index contributed by atoms with van der Waals surface area (Å²) in [6.45, 7) is 1.90. The molecular weight excluding hydrogens is 245 g/mol. The predicted molar refractivity (Wildman–Crippen MR) is 64.0 cm³/mol. The number of halogens is 1. The molecular formula is C11H16FNO3S. The highest BCUT2D eigenvalue weighted by molar-refractivity contribution is 7.92. The largest absolute Gasteiger partial charge is 0.399 e. The van der Waals surface area contributed by atoms with E-state index >= 15 is 0 Å². The number of hydrogen-bond donors (Lipinski definition) is 1. The molecule has 1 atom stereocenters. The van der Waals surface area contributed by atoms with E-state index in [1.54, 1.807) is 6.92 Å². The lowest BCUT2D eigenvalue weighted by Crippen LogP contribution is -2.20. The van der Waals surface area contributed by atoms with Crippen LogP contribution in [0.15, 0.2) is 23.1 Å². The Labute approximate surface area is 101 Å². The molecule has 0 amide bonds. The maximum atomic E-state index is 13.1. The fraction of sp³-hybridized carbons (Fsp3) is 0.455. The molecule has 96 valence electrons. The summed E-state index contributed by atoms with van der Waals surface area (Å²) in [4.78, 5) is -0.0846. The van der Waals surface area contributed by atoms with Gasteiger partial charge < -0.3 is 10.5 Å². The van der Waals surface area contributed by atoms with Crippen molar-refractivity contribution in [1.82, 2.24) is 0 Å². The van der Waals surface area contributed by atoms with Crippen molar-refractivity contribution in [2.45, 2.75) is 23.5 Å². The topological polar surface area (TPSA) is 69.4 Å². The van der Waals surface area contributed by atoms with Crippen molar-refractivity contribution in [3.05, 3.63) is 24.0 Å². The van der Waals surface area contributed by atoms with Gasteiger partial charge in [-0.25, -0.2) is 12.8 Å². The van der Waals surface area contributed by atoms with Gasteiger partial charge in [-0.1, -0.05) is 0 Å². The van der Waals surface area contributed by atoms with Crippen molar-refractivity contribution in [3.63, 3.8) is 0 Å². The van der Waals surface area contributed by atoms with Crippen molar-refractivity contribution in [3.8, 4) is 0 Å². The Kier molecular flexibility index (Phi) is 4.47. The first-order valence-corrected chi connectivity index (χ1v) is 6.71. The van der Waals surface area contributed by atoms with E-state index in [0.29, 0.717) is 13.0 Å². The Morgan fingerprint density at radius 1 is 1.41 bits per heavy atom. The summed E-state index contributed by atoms with van der Waals surface area (Å²) < 4.78 is 42.1. The first kappa shape index (κ1) is 13.9. The molecule has 1 aromatic rings. The SMILES string of the molecule is COCCC(C)S(=O)(=O)c1cc(N)cc(F)c1. The molecule has 17 heavy (non-hydrogen) atoms. The monoisotopic (exact) mass is 261 g/mol. The molecule has 0 aliphatic heterocycles. The highest BCUT2D eigenvalue weighted by Gasteiger charge is 2.23. The molecule has 0 fully saturated rings. The summed E-state index contributed by atoms with van der Waals surface area (Å²) in [6, 6.07) is 3.33. The Morgan fingerprint density at radius 2 is 2.06 bits per heavy atom. The van der Waals surface area contributed by atoms with E-state index in [2.05, 4.69) is 0 Å². The minimum absolute atomic E-state index is 0.0846. The van der Waals surface area contributed by atoms with Gasteiger partial charge in [-0.3, -0.25) is 0 Å². The molecule has 1 aromatic carbocycles. The lowest BCUT2D eigenvalue weighted by atomic mass is 10.3. The van der Waals surface area contributed by atoms with Crippen LogP contribution in [-0.4, -0.2) is 27.4 Å². The molecule has 0 aromatic heterocycles. The number of ether oxygens (including phenoxy) is 1. The predicted octanol–water partition coefficient (Wildman–Crippen LogP) is 1.61. The molecule has 0 saturated carbocycles. The van der Waals surface area contributed by atoms with Crippen LogP contribution in [0.1, 0.15) is 13.3 Å². The molecule has 4 nitrogen and oxygen atoms in total. The van der Waals surface area contributed by atoms with Gasteiger partial charge in [0, 0.05) is 19.4 Å². The van der Waals surface area contributed by atoms with Gasteiger partial charge in [0.15, 0.2) is 9.84 Å². The average Bonchev–Trinajstić information content (AvgIpc) is 2.24. The average molecular weight is 261 g/mol. The number of nitrogen functional groups attached to an aromatic ring is 1. The molecule has 0 saturated heterocycles. The summed E-state index contributed by atoms with van der Waals surface area (Å²) >= 11 is 0. The van der Waals surface area contributed by atoms with Crippen LogP contribution in [-0.2, 0) is 14.6 Å². The number of rotatable bonds is 5. The van der Waals surface area contributed by atoms with E-state index < -0.39 is 20.9 Å². The Bertz CT molecular complexity index is 467. The minimum atomic E-state index is -3.56. The first-order chi connectivity index (χ1) is 7.87. The second kappa shape index (κ2) is 5.46. The second-order valence-electron chi connectivity index (χ2n) is 3.86. The fourth-order valence-electron chi connectivity index (χ4n) is 1.42. The van der Waals surface area contributed by atoms with E-state index in [4.69, 9.17) is 10.5 Å². The van der Waals surface area contributed by atoms with Gasteiger partial charge in [0.25, 0.3) is 0 Å². The fourth-order valence-corrected chi connectivity index (χ4v) is 2.87. The zero-order valence-corrected chi connectivity index (χ0v) is 10.6. The number of anilines is 1. The zero-order chi connectivity index (χ0) is 13.1. The third-order valence-corrected chi connectivity index (χ3v) is 4.67. The Morgan fingerprint density at radius 3 is 2.59 bits per heavy atom. The quantitative estimate of drug-likeness (QED) is 0.817. The summed E-state index contributed by atoms with van der Waals surface area (Å²) in [5, 5.41) is -0.636. The van der Waals surface area contributed by atoms with Gasteiger partial charge in [-0.05, 0) is 31.5 Å². The van der Waals surface area contributed by atoms with Gasteiger partial charge in [-0.2, -0.15) is 0 Å². The van der Waals surface area contributed by atoms with E-state index in [1.807, 2.05) is 0 Å². The van der Waals surface area contributed by atoms with Crippen molar-refractivity contribution in [1.29, 1.82) is 0 Å². The number of nitrogens with two attached hydrogens (primary N) is 1. The number of benzene rings is 1. The van der Waals surface area contributed by atoms with E-state index in [-0.39, 0.29) is 10.6 Å². The Hall–Kier alpha value is -1.14. The summed E-state index contributed by atoms with van der Waals surface area (Å²) in [5.74, 6) is -0.650. The zero-order valence-electron chi connectivity index (χ0n) is 9.81. The van der Waals surface area contributed by atoms with Crippen molar-refractivity contribution >= 4 is 15.5 Å². The molecule has 0 bridgehead atoms. The normalized spacial score (nSPS) is 13.6. The van der Waals surface area contributed by atoms with E-state index in [0.717, 1.165) is 12.1 Å². The van der Waals surface area contributed by atoms with Gasteiger partial charge in [0.1, 0.15) is 5.82 Å². The van der Waals surface area contributed by atoms with Crippen LogP contribution in [0.4, 0.5) is 10.1 Å². The Balaban J connectivity index is 3.04.